The first-order chi connectivity index (χ1) is 8.77. The molecule has 90 valence electrons. The Kier molecular flexibility index (Phi) is 2.50. The number of benzene rings is 1. The molecule has 1 aromatic carbocycles. The molecule has 0 spiro atoms. The van der Waals surface area contributed by atoms with Crippen molar-refractivity contribution in [2.45, 2.75) is 6.10 Å². The summed E-state index contributed by atoms with van der Waals surface area (Å²) in [4.78, 5) is 11.8. The molecular formula is C14H10O4. The molecule has 0 bridgehead atoms. The minimum atomic E-state index is -0.998. The molecule has 4 nitrogen and oxygen atoms in total. The number of aliphatic hydroxyl groups excluding tert-OH is 1. The van der Waals surface area contributed by atoms with E-state index < -0.39 is 11.7 Å². The van der Waals surface area contributed by atoms with Crippen LogP contribution in [0.5, 0.6) is 0 Å². The Bertz CT molecular complexity index is 681. The maximum atomic E-state index is 11.8. The summed E-state index contributed by atoms with van der Waals surface area (Å²) < 4.78 is 9.96. The molecule has 2 aliphatic heterocycles. The molecule has 0 radical (unpaired) electrons. The third-order valence-corrected chi connectivity index (χ3v) is 2.86. The highest BCUT2D eigenvalue weighted by molar-refractivity contribution is 5.63. The van der Waals surface area contributed by atoms with Gasteiger partial charge < -0.3 is 13.9 Å². The molecule has 2 aliphatic rings. The van der Waals surface area contributed by atoms with Crippen molar-refractivity contribution in [1.29, 1.82) is 0 Å². The summed E-state index contributed by atoms with van der Waals surface area (Å²) in [5.41, 5.74) is 0.926. The summed E-state index contributed by atoms with van der Waals surface area (Å²) >= 11 is 0. The lowest BCUT2D eigenvalue weighted by Gasteiger charge is -2.09. The first-order valence-electron chi connectivity index (χ1n) is 5.49. The van der Waals surface area contributed by atoms with Crippen LogP contribution in [0.15, 0.2) is 62.6 Å². The van der Waals surface area contributed by atoms with Gasteiger partial charge in [-0.2, -0.15) is 0 Å². The molecule has 3 rings (SSSR count). The van der Waals surface area contributed by atoms with Gasteiger partial charge in [0.1, 0.15) is 12.4 Å². The van der Waals surface area contributed by atoms with E-state index in [1.54, 1.807) is 30.3 Å². The quantitative estimate of drug-likeness (QED) is 0.749. The number of furan rings is 1. The minimum absolute atomic E-state index is 0.243. The van der Waals surface area contributed by atoms with Crippen LogP contribution < -0.4 is 5.63 Å². The molecule has 1 unspecified atom stereocenters. The van der Waals surface area contributed by atoms with Crippen molar-refractivity contribution in [2.75, 3.05) is 0 Å². The van der Waals surface area contributed by atoms with Gasteiger partial charge in [0.15, 0.2) is 5.76 Å². The molecule has 18 heavy (non-hydrogen) atoms. The van der Waals surface area contributed by atoms with Crippen LogP contribution in [0.1, 0.15) is 17.2 Å². The highest BCUT2D eigenvalue weighted by atomic mass is 16.4. The summed E-state index contributed by atoms with van der Waals surface area (Å²) in [5.74, 6) is 0.340. The van der Waals surface area contributed by atoms with Gasteiger partial charge in [0, 0.05) is 5.56 Å². The van der Waals surface area contributed by atoms with Crippen LogP contribution in [0.2, 0.25) is 0 Å². The topological polar surface area (TPSA) is 63.6 Å². The van der Waals surface area contributed by atoms with Crippen molar-refractivity contribution in [3.05, 3.63) is 70.5 Å². The monoisotopic (exact) mass is 242 g/mol. The van der Waals surface area contributed by atoms with Gasteiger partial charge in [-0.1, -0.05) is 30.3 Å². The third-order valence-electron chi connectivity index (χ3n) is 2.86. The molecule has 0 amide bonds. The second kappa shape index (κ2) is 4.16. The number of hydrogen-bond acceptors (Lipinski definition) is 4. The zero-order valence-corrected chi connectivity index (χ0v) is 9.37. The van der Waals surface area contributed by atoms with Gasteiger partial charge in [0.2, 0.25) is 0 Å². The zero-order valence-electron chi connectivity index (χ0n) is 9.37. The smallest absolute Gasteiger partial charge is 0.343 e. The lowest BCUT2D eigenvalue weighted by Crippen LogP contribution is -2.09. The van der Waals surface area contributed by atoms with Crippen molar-refractivity contribution in [2.24, 2.45) is 0 Å². The molecule has 1 aromatic rings. The Morgan fingerprint density at radius 2 is 1.89 bits per heavy atom. The molecule has 0 saturated carbocycles. The Balaban J connectivity index is 2.16. The van der Waals surface area contributed by atoms with Crippen molar-refractivity contribution >= 4 is 0 Å². The molecule has 1 N–H and O–H groups in total. The van der Waals surface area contributed by atoms with Crippen LogP contribution in [0.3, 0.4) is 0 Å². The molecule has 4 heteroatoms. The van der Waals surface area contributed by atoms with Gasteiger partial charge in [-0.15, -0.1) is 0 Å². The molecular weight excluding hydrogens is 232 g/mol. The Morgan fingerprint density at radius 3 is 2.67 bits per heavy atom. The average molecular weight is 242 g/mol. The van der Waals surface area contributed by atoms with Crippen LogP contribution in [-0.2, 0) is 0 Å². The fourth-order valence-corrected chi connectivity index (χ4v) is 1.98. The van der Waals surface area contributed by atoms with E-state index in [0.29, 0.717) is 16.9 Å². The van der Waals surface area contributed by atoms with Gasteiger partial charge in [0.25, 0.3) is 0 Å². The molecule has 2 heterocycles. The zero-order chi connectivity index (χ0) is 12.5. The van der Waals surface area contributed by atoms with E-state index in [4.69, 9.17) is 8.83 Å². The van der Waals surface area contributed by atoms with Crippen LogP contribution in [0.4, 0.5) is 0 Å². The number of fused-ring (bicyclic) bond motifs is 1. The maximum Gasteiger partial charge on any atom is 0.343 e. The van der Waals surface area contributed by atoms with Crippen molar-refractivity contribution in [1.82, 2.24) is 0 Å². The Morgan fingerprint density at radius 1 is 1.11 bits per heavy atom. The largest absolute Gasteiger partial charge is 0.469 e. The predicted molar refractivity (Wildman–Crippen MR) is 64.4 cm³/mol. The summed E-state index contributed by atoms with van der Waals surface area (Å²) in [5, 5.41) is 10.3. The van der Waals surface area contributed by atoms with Crippen LogP contribution in [-0.4, -0.2) is 5.11 Å². The van der Waals surface area contributed by atoms with Gasteiger partial charge in [-0.3, -0.25) is 0 Å². The average Bonchev–Trinajstić information content (AvgIpc) is 2.75. The highest BCUT2D eigenvalue weighted by Crippen LogP contribution is 2.31. The molecule has 0 aliphatic carbocycles. The van der Waals surface area contributed by atoms with E-state index in [0.717, 1.165) is 0 Å². The standard InChI is InChI=1S/C14H10O4/c15-13(9-4-2-1-3-5-9)12-10-6-7-17-8-11(10)18-14(12)16/h1-8,13,15H. The second-order valence-electron chi connectivity index (χ2n) is 3.95. The molecule has 1 atom stereocenters. The maximum absolute atomic E-state index is 11.8. The summed E-state index contributed by atoms with van der Waals surface area (Å²) in [6.07, 6.45) is 1.79. The fraction of sp³-hybridized carbons (Fsp3) is 0.0714. The lowest BCUT2D eigenvalue weighted by molar-refractivity contribution is 0.218. The number of aliphatic hydroxyl groups is 1. The van der Waals surface area contributed by atoms with E-state index in [-0.39, 0.29) is 5.56 Å². The predicted octanol–water partition coefficient (Wildman–Crippen LogP) is 2.42. The molecule has 0 saturated heterocycles. The van der Waals surface area contributed by atoms with Gasteiger partial charge in [-0.05, 0) is 11.6 Å². The van der Waals surface area contributed by atoms with Crippen LogP contribution in [0.25, 0.3) is 11.3 Å². The fourth-order valence-electron chi connectivity index (χ4n) is 1.98. The summed E-state index contributed by atoms with van der Waals surface area (Å²) in [7, 11) is 0. The lowest BCUT2D eigenvalue weighted by atomic mass is 9.99. The SMILES string of the molecule is O=c1oc2coccc-2c1C(O)c1ccccc1. The molecule has 0 fully saturated rings. The van der Waals surface area contributed by atoms with Gasteiger partial charge >= 0.3 is 5.63 Å². The summed E-state index contributed by atoms with van der Waals surface area (Å²) in [6, 6.07) is 10.6. The van der Waals surface area contributed by atoms with E-state index in [1.807, 2.05) is 6.07 Å². The highest BCUT2D eigenvalue weighted by Gasteiger charge is 2.25. The number of rotatable bonds is 2. The van der Waals surface area contributed by atoms with E-state index in [2.05, 4.69) is 0 Å². The van der Waals surface area contributed by atoms with Crippen molar-refractivity contribution < 1.29 is 13.9 Å². The van der Waals surface area contributed by atoms with E-state index in [1.165, 1.54) is 12.5 Å². The second-order valence-corrected chi connectivity index (χ2v) is 3.95. The first kappa shape index (κ1) is 10.8. The van der Waals surface area contributed by atoms with Crippen molar-refractivity contribution in [3.63, 3.8) is 0 Å². The van der Waals surface area contributed by atoms with Crippen LogP contribution in [0, 0.1) is 0 Å². The number of hydrogen-bond donors (Lipinski definition) is 1. The van der Waals surface area contributed by atoms with Gasteiger partial charge in [-0.25, -0.2) is 4.79 Å². The van der Waals surface area contributed by atoms with E-state index in [9.17, 15) is 9.90 Å². The van der Waals surface area contributed by atoms with Crippen LogP contribution >= 0.6 is 0 Å². The van der Waals surface area contributed by atoms with Crippen molar-refractivity contribution in [3.8, 4) is 11.3 Å². The Hall–Kier alpha value is -2.33. The summed E-state index contributed by atoms with van der Waals surface area (Å²) in [6.45, 7) is 0. The Labute approximate surface area is 102 Å². The molecule has 0 aromatic heterocycles. The van der Waals surface area contributed by atoms with Gasteiger partial charge in [0.05, 0.1) is 11.8 Å². The third kappa shape index (κ3) is 1.63. The normalized spacial score (nSPS) is 12.7. The van der Waals surface area contributed by atoms with E-state index >= 15 is 0 Å². The first-order valence-corrected chi connectivity index (χ1v) is 5.49. The minimum Gasteiger partial charge on any atom is -0.469 e.